The molecule has 6 nitrogen and oxygen atoms in total. The largest absolute Gasteiger partial charge is 0.390 e. The molecule has 2 rings (SSSR count). The summed E-state index contributed by atoms with van der Waals surface area (Å²) in [5.74, 6) is 0. The van der Waals surface area contributed by atoms with Crippen LogP contribution in [0.1, 0.15) is 24.5 Å². The lowest BCUT2D eigenvalue weighted by Crippen LogP contribution is -2.22. The summed E-state index contributed by atoms with van der Waals surface area (Å²) in [5.41, 5.74) is 9.92. The van der Waals surface area contributed by atoms with Crippen LogP contribution in [0.15, 0.2) is 29.4 Å². The molecule has 0 saturated carbocycles. The Morgan fingerprint density at radius 2 is 2.05 bits per heavy atom. The summed E-state index contributed by atoms with van der Waals surface area (Å²) in [7, 11) is 0. The van der Waals surface area contributed by atoms with Crippen molar-refractivity contribution < 1.29 is 10.2 Å². The van der Waals surface area contributed by atoms with Crippen molar-refractivity contribution in [3.8, 4) is 0 Å². The van der Waals surface area contributed by atoms with Gasteiger partial charge in [0.2, 0.25) is 0 Å². The third-order valence-electron chi connectivity index (χ3n) is 3.38. The number of rotatable bonds is 5. The van der Waals surface area contributed by atoms with Gasteiger partial charge in [0.05, 0.1) is 12.6 Å². The van der Waals surface area contributed by atoms with E-state index in [-0.39, 0.29) is 6.54 Å². The first-order valence-electron chi connectivity index (χ1n) is 6.44. The fourth-order valence-corrected chi connectivity index (χ4v) is 2.32. The molecule has 2 unspecified atom stereocenters. The molecule has 1 fully saturated rings. The molecule has 1 aromatic carbocycles. The fraction of sp³-hybridized carbons (Fsp3) is 0.538. The van der Waals surface area contributed by atoms with Gasteiger partial charge in [-0.1, -0.05) is 17.2 Å². The minimum atomic E-state index is -1.08. The first-order chi connectivity index (χ1) is 9.22. The normalized spacial score (nSPS) is 17.9. The zero-order valence-corrected chi connectivity index (χ0v) is 10.7. The van der Waals surface area contributed by atoms with E-state index in [1.807, 2.05) is 18.2 Å². The maximum atomic E-state index is 10.0. The van der Waals surface area contributed by atoms with Crippen LogP contribution < -0.4 is 4.90 Å². The maximum Gasteiger partial charge on any atom is 0.105 e. The number of aliphatic hydroxyl groups is 2. The van der Waals surface area contributed by atoms with Crippen LogP contribution in [-0.2, 0) is 0 Å². The smallest absolute Gasteiger partial charge is 0.105 e. The van der Waals surface area contributed by atoms with Gasteiger partial charge in [-0.05, 0) is 36.1 Å². The van der Waals surface area contributed by atoms with Gasteiger partial charge in [0.25, 0.3) is 0 Å². The molecular weight excluding hydrogens is 244 g/mol. The quantitative estimate of drug-likeness (QED) is 0.483. The summed E-state index contributed by atoms with van der Waals surface area (Å²) in [4.78, 5) is 4.84. The van der Waals surface area contributed by atoms with E-state index in [1.165, 1.54) is 12.8 Å². The Morgan fingerprint density at radius 3 is 2.74 bits per heavy atom. The van der Waals surface area contributed by atoms with Gasteiger partial charge < -0.3 is 15.1 Å². The molecule has 0 aliphatic carbocycles. The second-order valence-electron chi connectivity index (χ2n) is 4.71. The molecule has 0 aromatic heterocycles. The molecule has 102 valence electrons. The zero-order valence-electron chi connectivity index (χ0n) is 10.7. The van der Waals surface area contributed by atoms with E-state index in [0.717, 1.165) is 18.8 Å². The van der Waals surface area contributed by atoms with E-state index in [9.17, 15) is 10.2 Å². The molecule has 1 aliphatic heterocycles. The summed E-state index contributed by atoms with van der Waals surface area (Å²) < 4.78 is 0. The van der Waals surface area contributed by atoms with Crippen LogP contribution in [0.5, 0.6) is 0 Å². The van der Waals surface area contributed by atoms with Crippen molar-refractivity contribution in [3.05, 3.63) is 40.3 Å². The summed E-state index contributed by atoms with van der Waals surface area (Å²) in [5, 5.41) is 23.0. The van der Waals surface area contributed by atoms with Crippen molar-refractivity contribution in [1.29, 1.82) is 0 Å². The van der Waals surface area contributed by atoms with E-state index in [0.29, 0.717) is 5.56 Å². The van der Waals surface area contributed by atoms with E-state index in [1.54, 1.807) is 6.07 Å². The summed E-state index contributed by atoms with van der Waals surface area (Å²) in [6.07, 6.45) is 0.260. The van der Waals surface area contributed by atoms with Crippen molar-refractivity contribution >= 4 is 5.69 Å². The average Bonchev–Trinajstić information content (AvgIpc) is 2.98. The molecule has 2 atom stereocenters. The topological polar surface area (TPSA) is 92.5 Å². The molecule has 0 radical (unpaired) electrons. The lowest BCUT2D eigenvalue weighted by atomic mass is 10.0. The van der Waals surface area contributed by atoms with Gasteiger partial charge in [-0.15, -0.1) is 0 Å². The predicted octanol–water partition coefficient (Wildman–Crippen LogP) is 1.99. The molecule has 1 saturated heterocycles. The Kier molecular flexibility index (Phi) is 4.63. The van der Waals surface area contributed by atoms with Crippen LogP contribution in [0.3, 0.4) is 0 Å². The Balaban J connectivity index is 2.10. The number of anilines is 1. The molecule has 6 heteroatoms. The van der Waals surface area contributed by atoms with Gasteiger partial charge >= 0.3 is 0 Å². The van der Waals surface area contributed by atoms with E-state index in [4.69, 9.17) is 5.53 Å². The number of aliphatic hydroxyl groups excluding tert-OH is 2. The summed E-state index contributed by atoms with van der Waals surface area (Å²) in [6.45, 7) is 1.92. The van der Waals surface area contributed by atoms with Crippen LogP contribution in [0.25, 0.3) is 10.4 Å². The van der Waals surface area contributed by atoms with Crippen molar-refractivity contribution in [1.82, 2.24) is 0 Å². The number of hydrogen-bond donors (Lipinski definition) is 2. The van der Waals surface area contributed by atoms with Gasteiger partial charge in [-0.2, -0.15) is 0 Å². The Morgan fingerprint density at radius 1 is 1.32 bits per heavy atom. The molecule has 0 bridgehead atoms. The monoisotopic (exact) mass is 262 g/mol. The fourth-order valence-electron chi connectivity index (χ4n) is 2.32. The van der Waals surface area contributed by atoms with Crippen LogP contribution in [-0.4, -0.2) is 36.0 Å². The van der Waals surface area contributed by atoms with Crippen LogP contribution >= 0.6 is 0 Å². The third kappa shape index (κ3) is 3.38. The lowest BCUT2D eigenvalue weighted by Gasteiger charge is -2.21. The summed E-state index contributed by atoms with van der Waals surface area (Å²) in [6, 6.07) is 7.52. The number of benzene rings is 1. The second-order valence-corrected chi connectivity index (χ2v) is 4.71. The number of nitrogens with zero attached hydrogens (tertiary/aromatic N) is 4. The standard InChI is InChI=1S/C13H18N4O2/c14-16-15-9-12(18)13(19)10-4-3-5-11(8-10)17-6-1-2-7-17/h3-5,8,12-13,18-19H,1-2,6-7,9H2. The third-order valence-corrected chi connectivity index (χ3v) is 3.38. The molecule has 1 aromatic rings. The van der Waals surface area contributed by atoms with Gasteiger partial charge in [-0.3, -0.25) is 0 Å². The number of hydrogen-bond acceptors (Lipinski definition) is 4. The minimum absolute atomic E-state index is 0.133. The first-order valence-corrected chi connectivity index (χ1v) is 6.44. The molecule has 0 spiro atoms. The molecular formula is C13H18N4O2. The molecule has 19 heavy (non-hydrogen) atoms. The Bertz CT molecular complexity index is 467. The SMILES string of the molecule is [N-]=[N+]=NCC(O)C(O)c1cccc(N2CCCC2)c1. The highest BCUT2D eigenvalue weighted by atomic mass is 16.3. The first kappa shape index (κ1) is 13.7. The predicted molar refractivity (Wildman–Crippen MR) is 72.9 cm³/mol. The van der Waals surface area contributed by atoms with Gasteiger partial charge in [0.1, 0.15) is 6.10 Å². The van der Waals surface area contributed by atoms with Gasteiger partial charge in [-0.25, -0.2) is 0 Å². The summed E-state index contributed by atoms with van der Waals surface area (Å²) >= 11 is 0. The van der Waals surface area contributed by atoms with Crippen molar-refractivity contribution in [2.45, 2.75) is 25.0 Å². The molecule has 1 heterocycles. The molecule has 1 aliphatic rings. The highest BCUT2D eigenvalue weighted by Crippen LogP contribution is 2.25. The van der Waals surface area contributed by atoms with Crippen LogP contribution in [0.4, 0.5) is 5.69 Å². The Labute approximate surface area is 111 Å². The van der Waals surface area contributed by atoms with E-state index in [2.05, 4.69) is 14.9 Å². The van der Waals surface area contributed by atoms with Gasteiger partial charge in [0, 0.05) is 23.7 Å². The van der Waals surface area contributed by atoms with E-state index >= 15 is 0 Å². The van der Waals surface area contributed by atoms with Crippen LogP contribution in [0.2, 0.25) is 0 Å². The highest BCUT2D eigenvalue weighted by molar-refractivity contribution is 5.49. The molecule has 0 amide bonds. The zero-order chi connectivity index (χ0) is 13.7. The minimum Gasteiger partial charge on any atom is -0.390 e. The van der Waals surface area contributed by atoms with Crippen molar-refractivity contribution in [3.63, 3.8) is 0 Å². The highest BCUT2D eigenvalue weighted by Gasteiger charge is 2.19. The lowest BCUT2D eigenvalue weighted by molar-refractivity contribution is 0.0244. The maximum absolute atomic E-state index is 10.0. The Hall–Kier alpha value is -1.75. The van der Waals surface area contributed by atoms with E-state index < -0.39 is 12.2 Å². The van der Waals surface area contributed by atoms with Crippen molar-refractivity contribution in [2.24, 2.45) is 5.11 Å². The average molecular weight is 262 g/mol. The van der Waals surface area contributed by atoms with Crippen LogP contribution in [0, 0.1) is 0 Å². The van der Waals surface area contributed by atoms with Crippen molar-refractivity contribution in [2.75, 3.05) is 24.5 Å². The number of azide groups is 1. The molecule has 2 N–H and O–H groups in total. The van der Waals surface area contributed by atoms with Gasteiger partial charge in [0.15, 0.2) is 0 Å². The second kappa shape index (κ2) is 6.43.